The highest BCUT2D eigenvalue weighted by Gasteiger charge is 2.26. The van der Waals surface area contributed by atoms with Crippen molar-refractivity contribution in [3.63, 3.8) is 0 Å². The highest BCUT2D eigenvalue weighted by Crippen LogP contribution is 2.40. The maximum Gasteiger partial charge on any atom is 0.180 e. The molecule has 0 atom stereocenters. The molecule has 2 aliphatic rings. The summed E-state index contributed by atoms with van der Waals surface area (Å²) in [6.45, 7) is 5.14. The third kappa shape index (κ3) is 3.37. The van der Waals surface area contributed by atoms with Crippen LogP contribution in [0.15, 0.2) is 12.1 Å². The Morgan fingerprint density at radius 3 is 2.70 bits per heavy atom. The van der Waals surface area contributed by atoms with Crippen LogP contribution in [0.1, 0.15) is 18.4 Å². The van der Waals surface area contributed by atoms with Crippen molar-refractivity contribution in [2.45, 2.75) is 25.5 Å². The maximum atomic E-state index is 6.37. The van der Waals surface area contributed by atoms with Crippen LogP contribution in [0.25, 0.3) is 0 Å². The van der Waals surface area contributed by atoms with E-state index >= 15 is 0 Å². The topological polar surface area (TPSA) is 33.7 Å². The van der Waals surface area contributed by atoms with E-state index in [0.717, 1.165) is 51.3 Å². The number of hydrogen-bond acceptors (Lipinski definition) is 4. The van der Waals surface area contributed by atoms with E-state index in [1.165, 1.54) is 5.56 Å². The Labute approximate surface area is 125 Å². The second kappa shape index (κ2) is 6.20. The van der Waals surface area contributed by atoms with Crippen molar-refractivity contribution in [1.82, 2.24) is 10.2 Å². The van der Waals surface area contributed by atoms with Crippen molar-refractivity contribution in [2.24, 2.45) is 0 Å². The zero-order chi connectivity index (χ0) is 13.9. The van der Waals surface area contributed by atoms with Crippen LogP contribution in [0.3, 0.4) is 0 Å². The molecule has 0 amide bonds. The van der Waals surface area contributed by atoms with Crippen LogP contribution in [0, 0.1) is 0 Å². The summed E-state index contributed by atoms with van der Waals surface area (Å²) in [5.41, 5.74) is 1.18. The number of piperazine rings is 1. The molecule has 4 nitrogen and oxygen atoms in total. The highest BCUT2D eigenvalue weighted by molar-refractivity contribution is 6.32. The lowest BCUT2D eigenvalue weighted by atomic mass is 10.1. The van der Waals surface area contributed by atoms with E-state index in [-0.39, 0.29) is 0 Å². The van der Waals surface area contributed by atoms with E-state index in [9.17, 15) is 0 Å². The molecule has 1 saturated carbocycles. The molecular weight excluding hydrogens is 276 g/mol. The van der Waals surface area contributed by atoms with Gasteiger partial charge in [-0.25, -0.2) is 0 Å². The monoisotopic (exact) mass is 296 g/mol. The van der Waals surface area contributed by atoms with E-state index in [4.69, 9.17) is 21.1 Å². The summed E-state index contributed by atoms with van der Waals surface area (Å²) in [5.74, 6) is 1.44. The van der Waals surface area contributed by atoms with Gasteiger partial charge < -0.3 is 14.8 Å². The number of methoxy groups -OCH3 is 1. The average molecular weight is 297 g/mol. The fourth-order valence-electron chi connectivity index (χ4n) is 2.46. The molecule has 1 aliphatic carbocycles. The fourth-order valence-corrected chi connectivity index (χ4v) is 2.74. The van der Waals surface area contributed by atoms with Crippen molar-refractivity contribution >= 4 is 11.6 Å². The number of nitrogens with zero attached hydrogens (tertiary/aromatic N) is 1. The minimum Gasteiger partial charge on any atom is -0.493 e. The number of hydrogen-bond donors (Lipinski definition) is 1. The summed E-state index contributed by atoms with van der Waals surface area (Å²) < 4.78 is 11.3. The number of benzene rings is 1. The predicted molar refractivity (Wildman–Crippen MR) is 79.8 cm³/mol. The lowest BCUT2D eigenvalue weighted by Gasteiger charge is -2.27. The molecule has 0 radical (unpaired) electrons. The molecule has 1 aromatic rings. The summed E-state index contributed by atoms with van der Waals surface area (Å²) in [6.07, 6.45) is 2.55. The quantitative estimate of drug-likeness (QED) is 0.904. The molecule has 1 saturated heterocycles. The molecule has 5 heteroatoms. The van der Waals surface area contributed by atoms with Gasteiger partial charge in [-0.15, -0.1) is 0 Å². The van der Waals surface area contributed by atoms with Crippen molar-refractivity contribution in [3.8, 4) is 11.5 Å². The molecule has 0 unspecified atom stereocenters. The van der Waals surface area contributed by atoms with Gasteiger partial charge in [0.15, 0.2) is 11.5 Å². The van der Waals surface area contributed by atoms with Gasteiger partial charge in [0.05, 0.1) is 18.2 Å². The Morgan fingerprint density at radius 2 is 2.05 bits per heavy atom. The Morgan fingerprint density at radius 1 is 1.30 bits per heavy atom. The number of ether oxygens (including phenoxy) is 2. The van der Waals surface area contributed by atoms with Crippen LogP contribution in [-0.2, 0) is 6.54 Å². The van der Waals surface area contributed by atoms with Gasteiger partial charge >= 0.3 is 0 Å². The highest BCUT2D eigenvalue weighted by atomic mass is 35.5. The first-order valence-electron chi connectivity index (χ1n) is 7.22. The Bertz CT molecular complexity index is 471. The van der Waals surface area contributed by atoms with E-state index in [1.807, 2.05) is 12.1 Å². The van der Waals surface area contributed by atoms with Gasteiger partial charge in [-0.2, -0.15) is 0 Å². The zero-order valence-electron chi connectivity index (χ0n) is 11.8. The van der Waals surface area contributed by atoms with E-state index < -0.39 is 0 Å². The van der Waals surface area contributed by atoms with Crippen LogP contribution in [0.5, 0.6) is 11.5 Å². The van der Waals surface area contributed by atoms with Gasteiger partial charge in [-0.1, -0.05) is 11.6 Å². The van der Waals surface area contributed by atoms with E-state index in [1.54, 1.807) is 7.11 Å². The molecule has 3 rings (SSSR count). The largest absolute Gasteiger partial charge is 0.493 e. The average Bonchev–Trinajstić information content (AvgIpc) is 3.26. The first-order chi connectivity index (χ1) is 9.76. The molecule has 0 aromatic heterocycles. The van der Waals surface area contributed by atoms with Crippen molar-refractivity contribution in [3.05, 3.63) is 22.7 Å². The van der Waals surface area contributed by atoms with Crippen molar-refractivity contribution in [1.29, 1.82) is 0 Å². The third-order valence-electron chi connectivity index (χ3n) is 3.71. The first kappa shape index (κ1) is 14.0. The summed E-state index contributed by atoms with van der Waals surface area (Å²) >= 11 is 6.37. The van der Waals surface area contributed by atoms with Crippen LogP contribution in [-0.4, -0.2) is 44.3 Å². The van der Waals surface area contributed by atoms with Crippen LogP contribution >= 0.6 is 11.6 Å². The second-order valence-corrected chi connectivity index (χ2v) is 5.86. The molecule has 0 spiro atoms. The second-order valence-electron chi connectivity index (χ2n) is 5.45. The van der Waals surface area contributed by atoms with Gasteiger partial charge in [-0.05, 0) is 30.5 Å². The minimum atomic E-state index is 0.320. The summed E-state index contributed by atoms with van der Waals surface area (Å²) in [7, 11) is 1.67. The van der Waals surface area contributed by atoms with Crippen LogP contribution < -0.4 is 14.8 Å². The maximum absolute atomic E-state index is 6.37. The SMILES string of the molecule is COc1cc(CN2CCNCC2)cc(Cl)c1OC1CC1. The molecule has 20 heavy (non-hydrogen) atoms. The Hall–Kier alpha value is -0.970. The Kier molecular flexibility index (Phi) is 4.34. The molecule has 2 fully saturated rings. The zero-order valence-corrected chi connectivity index (χ0v) is 12.6. The van der Waals surface area contributed by atoms with Gasteiger partial charge in [0, 0.05) is 32.7 Å². The summed E-state index contributed by atoms with van der Waals surface area (Å²) in [6, 6.07) is 4.05. The minimum absolute atomic E-state index is 0.320. The van der Waals surface area contributed by atoms with Crippen LogP contribution in [0.2, 0.25) is 5.02 Å². The lowest BCUT2D eigenvalue weighted by Crippen LogP contribution is -2.42. The summed E-state index contributed by atoms with van der Waals surface area (Å²) in [5, 5.41) is 4.01. The van der Waals surface area contributed by atoms with E-state index in [0.29, 0.717) is 16.9 Å². The summed E-state index contributed by atoms with van der Waals surface area (Å²) in [4.78, 5) is 2.42. The molecule has 110 valence electrons. The first-order valence-corrected chi connectivity index (χ1v) is 7.60. The molecule has 1 aromatic carbocycles. The van der Waals surface area contributed by atoms with Gasteiger partial charge in [0.2, 0.25) is 0 Å². The predicted octanol–water partition coefficient (Wildman–Crippen LogP) is 2.29. The molecule has 1 N–H and O–H groups in total. The molecular formula is C15H21ClN2O2. The smallest absolute Gasteiger partial charge is 0.180 e. The van der Waals surface area contributed by atoms with Gasteiger partial charge in [0.1, 0.15) is 0 Å². The van der Waals surface area contributed by atoms with Crippen molar-refractivity contribution < 1.29 is 9.47 Å². The fraction of sp³-hybridized carbons (Fsp3) is 0.600. The molecule has 1 aliphatic heterocycles. The van der Waals surface area contributed by atoms with Gasteiger partial charge in [-0.3, -0.25) is 4.90 Å². The standard InChI is InChI=1S/C15H21ClN2O2/c1-19-14-9-11(10-18-6-4-17-5-7-18)8-13(16)15(14)20-12-2-3-12/h8-9,12,17H,2-7,10H2,1H3. The number of nitrogens with one attached hydrogen (secondary N) is 1. The van der Waals surface area contributed by atoms with Crippen molar-refractivity contribution in [2.75, 3.05) is 33.3 Å². The Balaban J connectivity index is 1.75. The number of rotatable bonds is 5. The van der Waals surface area contributed by atoms with Crippen LogP contribution in [0.4, 0.5) is 0 Å². The molecule has 1 heterocycles. The van der Waals surface area contributed by atoms with E-state index in [2.05, 4.69) is 10.2 Å². The number of halogens is 1. The normalized spacial score (nSPS) is 19.9. The molecule has 0 bridgehead atoms. The third-order valence-corrected chi connectivity index (χ3v) is 3.99. The van der Waals surface area contributed by atoms with Gasteiger partial charge in [0.25, 0.3) is 0 Å². The lowest BCUT2D eigenvalue weighted by molar-refractivity contribution is 0.232.